The Kier molecular flexibility index (Phi) is 15.2. The minimum Gasteiger partial charge on any atom is -0.526 e. The molecule has 1 radical (unpaired) electrons. The Labute approximate surface area is 181 Å². The Balaban J connectivity index is 0.000000627. The van der Waals surface area contributed by atoms with Gasteiger partial charge in [0.05, 0.1) is 10.7 Å². The second-order valence-corrected chi connectivity index (χ2v) is 6.84. The van der Waals surface area contributed by atoms with Crippen LogP contribution in [0.3, 0.4) is 0 Å². The van der Waals surface area contributed by atoms with Gasteiger partial charge in [0.1, 0.15) is 0 Å². The predicted molar refractivity (Wildman–Crippen MR) is 105 cm³/mol. The fourth-order valence-corrected chi connectivity index (χ4v) is 2.78. The van der Waals surface area contributed by atoms with E-state index in [1.165, 1.54) is 36.7 Å². The number of hydrogen-bond donors (Lipinski definition) is 0. The molecule has 0 aliphatic heterocycles. The van der Waals surface area contributed by atoms with Crippen molar-refractivity contribution in [2.75, 3.05) is 20.0 Å². The average molecular weight is 455 g/mol. The van der Waals surface area contributed by atoms with Crippen molar-refractivity contribution in [1.29, 1.82) is 0 Å². The number of unbranched alkanes of at least 4 members (excludes halogenated alkanes) is 2. The van der Waals surface area contributed by atoms with Gasteiger partial charge >= 0.3 is 0 Å². The number of nitrogens with zero attached hydrogens (tertiary/aromatic N) is 1. The van der Waals surface area contributed by atoms with Gasteiger partial charge < -0.3 is 14.2 Å². The van der Waals surface area contributed by atoms with Crippen LogP contribution in [0.25, 0.3) is 11.3 Å². The predicted octanol–water partition coefficient (Wildman–Crippen LogP) is 6.14. The molecule has 0 N–H and O–H groups in total. The topological polar surface area (TPSA) is 40.6 Å². The van der Waals surface area contributed by atoms with Crippen molar-refractivity contribution in [3.05, 3.63) is 41.3 Å². The van der Waals surface area contributed by atoms with Crippen molar-refractivity contribution in [3.8, 4) is 17.0 Å². The van der Waals surface area contributed by atoms with Crippen LogP contribution in [-0.2, 0) is 26.5 Å². The van der Waals surface area contributed by atoms with E-state index in [0.29, 0.717) is 11.3 Å². The van der Waals surface area contributed by atoms with Crippen molar-refractivity contribution in [2.45, 2.75) is 46.5 Å². The van der Waals surface area contributed by atoms with Crippen molar-refractivity contribution in [2.24, 2.45) is 0 Å². The third-order valence-electron chi connectivity index (χ3n) is 3.47. The molecule has 0 aliphatic carbocycles. The van der Waals surface area contributed by atoms with Crippen LogP contribution >= 0.6 is 11.3 Å². The number of ether oxygens (including phenoxy) is 3. The van der Waals surface area contributed by atoms with E-state index in [1.54, 1.807) is 5.38 Å². The van der Waals surface area contributed by atoms with E-state index in [9.17, 15) is 8.78 Å². The van der Waals surface area contributed by atoms with E-state index in [1.807, 2.05) is 6.92 Å². The molecule has 2 aromatic rings. The zero-order chi connectivity index (χ0) is 20.1. The van der Waals surface area contributed by atoms with Crippen molar-refractivity contribution >= 4 is 11.3 Å². The molecule has 2 rings (SSSR count). The molecule has 0 bridgehead atoms. The minimum atomic E-state index is -1.06. The molecule has 0 unspecified atom stereocenters. The van der Waals surface area contributed by atoms with Gasteiger partial charge in [-0.2, -0.15) is 4.39 Å². The number of hydrogen-bond acceptors (Lipinski definition) is 5. The number of rotatable bonds is 10. The quantitative estimate of drug-likeness (QED) is 0.187. The number of benzene rings is 1. The molecule has 8 heteroatoms. The van der Waals surface area contributed by atoms with Gasteiger partial charge in [-0.05, 0) is 31.9 Å². The van der Waals surface area contributed by atoms with Crippen LogP contribution in [0.5, 0.6) is 5.75 Å². The zero-order valence-corrected chi connectivity index (χ0v) is 18.6. The second-order valence-electron chi connectivity index (χ2n) is 5.78. The van der Waals surface area contributed by atoms with E-state index in [-0.39, 0.29) is 29.6 Å². The van der Waals surface area contributed by atoms with Crippen LogP contribution in [0.4, 0.5) is 8.78 Å². The fourth-order valence-electron chi connectivity index (χ4n) is 2.16. The third-order valence-corrected chi connectivity index (χ3v) is 4.25. The standard InChI is InChI=1S/C12H10F2NO2S.C8H18O.Mn/c1-7-15-10(5-18-7)8-3-4-9(13)11(14)12(8)17-6-16-2;1-3-5-6-8-9-7-4-2;/h3-5H,2,6H2,1H3;3-8H2,1-2H3;/q-1;;. The fraction of sp³-hybridized carbons (Fsp3) is 0.500. The Morgan fingerprint density at radius 3 is 2.43 bits per heavy atom. The van der Waals surface area contributed by atoms with Crippen molar-refractivity contribution in [1.82, 2.24) is 4.98 Å². The van der Waals surface area contributed by atoms with Crippen LogP contribution in [0, 0.1) is 25.7 Å². The van der Waals surface area contributed by atoms with Gasteiger partial charge in [-0.1, -0.05) is 26.7 Å². The molecule has 0 fully saturated rings. The minimum absolute atomic E-state index is 0. The molecule has 1 aromatic heterocycles. The Bertz CT molecular complexity index is 665. The number of halogens is 2. The summed E-state index contributed by atoms with van der Waals surface area (Å²) in [6.07, 6.45) is 4.97. The molecule has 28 heavy (non-hydrogen) atoms. The summed E-state index contributed by atoms with van der Waals surface area (Å²) in [6, 6.07) is 2.46. The van der Waals surface area contributed by atoms with Gasteiger partial charge in [-0.3, -0.25) is 0 Å². The van der Waals surface area contributed by atoms with Gasteiger partial charge in [0.15, 0.2) is 18.4 Å². The van der Waals surface area contributed by atoms with Crippen LogP contribution < -0.4 is 4.74 Å². The van der Waals surface area contributed by atoms with Crippen molar-refractivity contribution in [3.63, 3.8) is 0 Å². The molecule has 0 atom stereocenters. The number of thiazole rings is 1. The maximum atomic E-state index is 13.7. The molecule has 0 amide bonds. The first kappa shape index (κ1) is 26.9. The smallest absolute Gasteiger partial charge is 0.201 e. The Morgan fingerprint density at radius 2 is 1.86 bits per heavy atom. The van der Waals surface area contributed by atoms with E-state index in [0.717, 1.165) is 30.7 Å². The van der Waals surface area contributed by atoms with E-state index in [2.05, 4.69) is 30.7 Å². The SMILES string of the molecule is CCCCCOCCC.[CH2-]OCOc1c(-c2csc(C)n2)ccc(F)c1F.[Mn]. The largest absolute Gasteiger partial charge is 0.526 e. The monoisotopic (exact) mass is 455 g/mol. The molecular formula is C20H28F2MnNO3S-. The molecule has 0 saturated carbocycles. The van der Waals surface area contributed by atoms with E-state index < -0.39 is 11.6 Å². The molecule has 1 aromatic carbocycles. The molecule has 4 nitrogen and oxygen atoms in total. The van der Waals surface area contributed by atoms with Crippen LogP contribution in [0.2, 0.25) is 0 Å². The average Bonchev–Trinajstić information content (AvgIpc) is 3.09. The Morgan fingerprint density at radius 1 is 1.11 bits per heavy atom. The van der Waals surface area contributed by atoms with E-state index >= 15 is 0 Å². The van der Waals surface area contributed by atoms with Crippen LogP contribution in [-0.4, -0.2) is 25.0 Å². The van der Waals surface area contributed by atoms with Gasteiger partial charge in [0.2, 0.25) is 5.82 Å². The Hall–Kier alpha value is -1.05. The maximum Gasteiger partial charge on any atom is 0.201 e. The summed E-state index contributed by atoms with van der Waals surface area (Å²) < 4.78 is 41.6. The first-order chi connectivity index (χ1) is 13.0. The van der Waals surface area contributed by atoms with Gasteiger partial charge in [-0.15, -0.1) is 11.3 Å². The molecule has 0 spiro atoms. The summed E-state index contributed by atoms with van der Waals surface area (Å²) in [5.41, 5.74) is 0.922. The summed E-state index contributed by atoms with van der Waals surface area (Å²) >= 11 is 1.42. The molecular weight excluding hydrogens is 427 g/mol. The summed E-state index contributed by atoms with van der Waals surface area (Å²) in [5.74, 6) is -2.26. The number of aryl methyl sites for hydroxylation is 1. The summed E-state index contributed by atoms with van der Waals surface area (Å²) in [5, 5.41) is 2.58. The third kappa shape index (κ3) is 9.43. The molecule has 159 valence electrons. The molecule has 0 aliphatic rings. The van der Waals surface area contributed by atoms with Crippen LogP contribution in [0.15, 0.2) is 17.5 Å². The zero-order valence-electron chi connectivity index (χ0n) is 16.6. The first-order valence-corrected chi connectivity index (χ1v) is 9.91. The molecule has 1 heterocycles. The normalized spacial score (nSPS) is 10.1. The first-order valence-electron chi connectivity index (χ1n) is 9.03. The van der Waals surface area contributed by atoms with Gasteiger partial charge in [-0.25, -0.2) is 16.5 Å². The summed E-state index contributed by atoms with van der Waals surface area (Å²) in [6.45, 7) is 7.80. The van der Waals surface area contributed by atoms with Gasteiger partial charge in [0, 0.05) is 41.2 Å². The second kappa shape index (κ2) is 15.8. The summed E-state index contributed by atoms with van der Waals surface area (Å²) in [7, 11) is 3.10. The summed E-state index contributed by atoms with van der Waals surface area (Å²) in [4.78, 5) is 4.21. The molecule has 0 saturated heterocycles. The van der Waals surface area contributed by atoms with Crippen molar-refractivity contribution < 1.29 is 40.1 Å². The van der Waals surface area contributed by atoms with Gasteiger partial charge in [0.25, 0.3) is 0 Å². The maximum absolute atomic E-state index is 13.7. The van der Waals surface area contributed by atoms with E-state index in [4.69, 9.17) is 9.47 Å². The number of aromatic nitrogens is 1. The van der Waals surface area contributed by atoms with Crippen LogP contribution in [0.1, 0.15) is 44.5 Å².